The van der Waals surface area contributed by atoms with Gasteiger partial charge in [0, 0.05) is 42.7 Å². The summed E-state index contributed by atoms with van der Waals surface area (Å²) >= 11 is 5.82. The second-order valence-corrected chi connectivity index (χ2v) is 4.92. The molecule has 1 aromatic heterocycles. The van der Waals surface area contributed by atoms with Crippen molar-refractivity contribution in [1.29, 1.82) is 0 Å². The highest BCUT2D eigenvalue weighted by Crippen LogP contribution is 2.36. The number of halogens is 4. The largest absolute Gasteiger partial charge is 0.431 e. The van der Waals surface area contributed by atoms with Gasteiger partial charge in [-0.3, -0.25) is 9.98 Å². The van der Waals surface area contributed by atoms with E-state index >= 15 is 0 Å². The van der Waals surface area contributed by atoms with Gasteiger partial charge in [0.15, 0.2) is 0 Å². The molecule has 1 N–H and O–H groups in total. The number of alkyl halides is 3. The summed E-state index contributed by atoms with van der Waals surface area (Å²) in [5, 5.41) is 0.507. The average molecular weight is 328 g/mol. The van der Waals surface area contributed by atoms with Crippen LogP contribution in [0.25, 0.3) is 11.3 Å². The van der Waals surface area contributed by atoms with Gasteiger partial charge in [-0.2, -0.15) is 13.2 Å². The number of hydrogen-bond acceptors (Lipinski definition) is 2. The lowest BCUT2D eigenvalue weighted by molar-refractivity contribution is -0.140. The van der Waals surface area contributed by atoms with E-state index in [0.717, 1.165) is 0 Å². The molecule has 0 fully saturated rings. The fourth-order valence-electron chi connectivity index (χ4n) is 2.12. The molecule has 0 aliphatic rings. The molecule has 0 aliphatic heterocycles. The molecule has 0 atom stereocenters. The molecular weight excluding hydrogens is 315 g/mol. The van der Waals surface area contributed by atoms with Crippen molar-refractivity contribution >= 4 is 24.0 Å². The Kier molecular flexibility index (Phi) is 4.71. The van der Waals surface area contributed by atoms with Crippen molar-refractivity contribution in [2.45, 2.75) is 6.18 Å². The topological polar surface area (TPSA) is 40.5 Å². The number of nitrogens with zero attached hydrogens (tertiary/aromatic N) is 2. The molecule has 1 heterocycles. The quantitative estimate of drug-likeness (QED) is 0.809. The van der Waals surface area contributed by atoms with Crippen LogP contribution >= 0.6 is 11.6 Å². The Balaban J connectivity index is 2.75. The molecule has 0 saturated heterocycles. The lowest BCUT2D eigenvalue weighted by Gasteiger charge is -2.05. The van der Waals surface area contributed by atoms with Crippen LogP contribution in [0, 0.1) is 0 Å². The van der Waals surface area contributed by atoms with E-state index in [1.807, 2.05) is 0 Å². The van der Waals surface area contributed by atoms with E-state index in [9.17, 15) is 13.2 Å². The van der Waals surface area contributed by atoms with E-state index in [4.69, 9.17) is 11.6 Å². The van der Waals surface area contributed by atoms with Gasteiger partial charge in [-0.25, -0.2) is 0 Å². The van der Waals surface area contributed by atoms with Crippen LogP contribution in [0.3, 0.4) is 0 Å². The molecule has 0 amide bonds. The van der Waals surface area contributed by atoms with Crippen molar-refractivity contribution in [3.05, 3.63) is 46.1 Å². The molecule has 0 saturated carbocycles. The zero-order valence-electron chi connectivity index (χ0n) is 11.9. The highest BCUT2D eigenvalue weighted by atomic mass is 35.5. The van der Waals surface area contributed by atoms with Gasteiger partial charge in [-0.1, -0.05) is 23.7 Å². The van der Waals surface area contributed by atoms with Gasteiger partial charge in [0.1, 0.15) is 5.69 Å². The molecule has 3 nitrogen and oxygen atoms in total. The summed E-state index contributed by atoms with van der Waals surface area (Å²) in [6.07, 6.45) is -1.96. The van der Waals surface area contributed by atoms with E-state index < -0.39 is 11.9 Å². The molecule has 2 aromatic rings. The van der Waals surface area contributed by atoms with Crippen molar-refractivity contribution in [3.8, 4) is 11.3 Å². The van der Waals surface area contributed by atoms with Gasteiger partial charge in [0.05, 0.1) is 5.69 Å². The first-order chi connectivity index (χ1) is 10.4. The van der Waals surface area contributed by atoms with Gasteiger partial charge in [-0.15, -0.1) is 0 Å². The smallest absolute Gasteiger partial charge is 0.350 e. The average Bonchev–Trinajstić information content (AvgIpc) is 2.80. The third kappa shape index (κ3) is 3.22. The van der Waals surface area contributed by atoms with Crippen molar-refractivity contribution in [2.75, 3.05) is 14.1 Å². The van der Waals surface area contributed by atoms with Crippen LogP contribution in [0.15, 0.2) is 34.3 Å². The fraction of sp³-hybridized carbons (Fsp3) is 0.200. The first kappa shape index (κ1) is 16.3. The van der Waals surface area contributed by atoms with Crippen molar-refractivity contribution in [2.24, 2.45) is 9.98 Å². The van der Waals surface area contributed by atoms with Crippen LogP contribution in [0.5, 0.6) is 0 Å². The summed E-state index contributed by atoms with van der Waals surface area (Å²) < 4.78 is 39.7. The van der Waals surface area contributed by atoms with Gasteiger partial charge in [-0.05, 0) is 17.7 Å². The normalized spacial score (nSPS) is 12.6. The Labute approximate surface area is 130 Å². The van der Waals surface area contributed by atoms with Crippen LogP contribution in [-0.2, 0) is 6.18 Å². The van der Waals surface area contributed by atoms with Gasteiger partial charge >= 0.3 is 6.18 Å². The minimum absolute atomic E-state index is 0.0365. The van der Waals surface area contributed by atoms with Crippen molar-refractivity contribution in [3.63, 3.8) is 0 Å². The standard InChI is InChI=1S/C15H13ClF3N3/c1-20-7-11-12(8-21-2)14(15(17,18)19)22-13(11)9-3-5-10(16)6-4-9/h3-8,22H,1-2H3/b20-7+,21-8+. The number of benzene rings is 1. The highest BCUT2D eigenvalue weighted by Gasteiger charge is 2.37. The lowest BCUT2D eigenvalue weighted by atomic mass is 10.0. The minimum Gasteiger partial charge on any atom is -0.350 e. The number of aromatic nitrogens is 1. The number of nitrogens with one attached hydrogen (secondary N) is 1. The maximum atomic E-state index is 13.2. The van der Waals surface area contributed by atoms with Gasteiger partial charge in [0.25, 0.3) is 0 Å². The molecule has 7 heteroatoms. The predicted octanol–water partition coefficient (Wildman–Crippen LogP) is 4.45. The zero-order valence-corrected chi connectivity index (χ0v) is 12.6. The number of H-pyrrole nitrogens is 1. The Bertz CT molecular complexity index is 713. The Morgan fingerprint density at radius 1 is 1.00 bits per heavy atom. The van der Waals surface area contributed by atoms with Gasteiger partial charge < -0.3 is 4.98 Å². The summed E-state index contributed by atoms with van der Waals surface area (Å²) in [6, 6.07) is 6.53. The highest BCUT2D eigenvalue weighted by molar-refractivity contribution is 6.30. The molecule has 0 bridgehead atoms. The van der Waals surface area contributed by atoms with E-state index in [0.29, 0.717) is 21.8 Å². The first-order valence-corrected chi connectivity index (χ1v) is 6.69. The SMILES string of the molecule is C/N=C/c1c(-c2ccc(Cl)cc2)[nH]c(C(F)(F)F)c1/C=N/C. The summed E-state index contributed by atoms with van der Waals surface area (Å²) in [5.41, 5.74) is 0.358. The zero-order chi connectivity index (χ0) is 16.3. The second-order valence-electron chi connectivity index (χ2n) is 4.48. The first-order valence-electron chi connectivity index (χ1n) is 6.32. The van der Waals surface area contributed by atoms with E-state index in [1.165, 1.54) is 26.5 Å². The number of hydrogen-bond donors (Lipinski definition) is 1. The Morgan fingerprint density at radius 2 is 1.55 bits per heavy atom. The summed E-state index contributed by atoms with van der Waals surface area (Å²) in [4.78, 5) is 10.0. The lowest BCUT2D eigenvalue weighted by Crippen LogP contribution is -2.09. The third-order valence-corrected chi connectivity index (χ3v) is 3.26. The molecular formula is C15H13ClF3N3. The van der Waals surface area contributed by atoms with Crippen LogP contribution in [0.2, 0.25) is 5.02 Å². The van der Waals surface area contributed by atoms with Crippen LogP contribution in [0.4, 0.5) is 13.2 Å². The number of aliphatic imine (C=N–C) groups is 2. The molecule has 0 radical (unpaired) electrons. The predicted molar refractivity (Wildman–Crippen MR) is 83.3 cm³/mol. The molecule has 0 unspecified atom stereocenters. The van der Waals surface area contributed by atoms with Crippen LogP contribution < -0.4 is 0 Å². The maximum absolute atomic E-state index is 13.2. The Hall–Kier alpha value is -2.08. The maximum Gasteiger partial charge on any atom is 0.431 e. The van der Waals surface area contributed by atoms with E-state index in [1.54, 1.807) is 24.3 Å². The van der Waals surface area contributed by atoms with E-state index in [2.05, 4.69) is 15.0 Å². The molecule has 2 rings (SSSR count). The molecule has 22 heavy (non-hydrogen) atoms. The van der Waals surface area contributed by atoms with E-state index in [-0.39, 0.29) is 5.56 Å². The summed E-state index contributed by atoms with van der Waals surface area (Å²) in [5.74, 6) is 0. The molecule has 1 aromatic carbocycles. The molecule has 0 aliphatic carbocycles. The van der Waals surface area contributed by atoms with Crippen molar-refractivity contribution in [1.82, 2.24) is 4.98 Å². The third-order valence-electron chi connectivity index (χ3n) is 3.01. The summed E-state index contributed by atoms with van der Waals surface area (Å²) in [6.45, 7) is 0. The van der Waals surface area contributed by atoms with Crippen molar-refractivity contribution < 1.29 is 13.2 Å². The Morgan fingerprint density at radius 3 is 2.05 bits per heavy atom. The number of aromatic amines is 1. The van der Waals surface area contributed by atoms with Crippen LogP contribution in [-0.4, -0.2) is 31.5 Å². The monoisotopic (exact) mass is 327 g/mol. The fourth-order valence-corrected chi connectivity index (χ4v) is 2.25. The van der Waals surface area contributed by atoms with Crippen LogP contribution in [0.1, 0.15) is 16.8 Å². The second kappa shape index (κ2) is 6.36. The number of rotatable bonds is 3. The molecule has 0 spiro atoms. The minimum atomic E-state index is -4.52. The summed E-state index contributed by atoms with van der Waals surface area (Å²) in [7, 11) is 2.92. The molecule has 116 valence electrons. The van der Waals surface area contributed by atoms with Gasteiger partial charge in [0.2, 0.25) is 0 Å².